The topological polar surface area (TPSA) is 140 Å². The predicted octanol–water partition coefficient (Wildman–Crippen LogP) is -0.741. The summed E-state index contributed by atoms with van der Waals surface area (Å²) in [5.74, 6) is -0.655. The van der Waals surface area contributed by atoms with Crippen LogP contribution in [-0.2, 0) is 13.1 Å². The number of methoxy groups -OCH3 is 1. The number of alkyl halides is 1. The molecule has 2 unspecified atom stereocenters. The first-order valence-electron chi connectivity index (χ1n) is 9.69. The van der Waals surface area contributed by atoms with Crippen molar-refractivity contribution in [3.8, 4) is 5.88 Å². The highest BCUT2D eigenvalue weighted by atomic mass is 31.2. The lowest BCUT2D eigenvalue weighted by Gasteiger charge is -2.40. The van der Waals surface area contributed by atoms with Crippen LogP contribution in [-0.4, -0.2) is 89.5 Å². The van der Waals surface area contributed by atoms with Crippen LogP contribution in [0.3, 0.4) is 0 Å². The van der Waals surface area contributed by atoms with E-state index in [-0.39, 0.29) is 24.7 Å². The molecule has 12 nitrogen and oxygen atoms in total. The number of nitrogens with zero attached hydrogens (tertiary/aromatic N) is 6. The van der Waals surface area contributed by atoms with Crippen LogP contribution in [0.4, 0.5) is 13.5 Å². The second kappa shape index (κ2) is 7.42. The molecule has 2 N–H and O–H groups in total. The Bertz CT molecular complexity index is 1330. The van der Waals surface area contributed by atoms with Gasteiger partial charge in [-0.2, -0.15) is 5.10 Å². The highest BCUT2D eigenvalue weighted by Crippen LogP contribution is 2.77. The van der Waals surface area contributed by atoms with Gasteiger partial charge in [-0.05, 0) is 21.9 Å². The predicted molar refractivity (Wildman–Crippen MR) is 117 cm³/mol. The molecule has 3 aromatic heterocycles. The molecule has 0 spiro atoms. The molecule has 166 valence electrons. The molecule has 2 saturated heterocycles. The van der Waals surface area contributed by atoms with E-state index in [1.807, 2.05) is 0 Å². The summed E-state index contributed by atoms with van der Waals surface area (Å²) in [7, 11) is 14.8. The molecule has 5 heterocycles. The number of amides is 3. The molecule has 5 rings (SSSR count). The van der Waals surface area contributed by atoms with E-state index in [0.717, 1.165) is 4.90 Å². The zero-order valence-electron chi connectivity index (χ0n) is 17.5. The first kappa shape index (κ1) is 22.6. The van der Waals surface area contributed by atoms with Crippen molar-refractivity contribution < 1.29 is 27.7 Å². The first-order chi connectivity index (χ1) is 16.0. The molecule has 0 bridgehead atoms. The van der Waals surface area contributed by atoms with Crippen LogP contribution in [0, 0.1) is 0 Å². The average Bonchev–Trinajstić information content (AvgIpc) is 3.24. The lowest BCUT2D eigenvalue weighted by molar-refractivity contribution is 0.0938. The lowest BCUT2D eigenvalue weighted by atomic mass is 9.74. The van der Waals surface area contributed by atoms with Crippen LogP contribution >= 0.6 is 7.17 Å². The molecule has 19 heteroatoms. The van der Waals surface area contributed by atoms with Crippen LogP contribution in [0.1, 0.15) is 21.7 Å². The first-order valence-corrected chi connectivity index (χ1v) is 11.6. The average molecular weight is 481 g/mol. The summed E-state index contributed by atoms with van der Waals surface area (Å²) >= 11 is 0. The van der Waals surface area contributed by atoms with Gasteiger partial charge in [0, 0.05) is 13.7 Å². The largest absolute Gasteiger partial charge is 0.477 e. The highest BCUT2D eigenvalue weighted by Gasteiger charge is 2.95. The second-order valence-electron chi connectivity index (χ2n) is 7.85. The molecular weight excluding hydrogens is 468 g/mol. The molecule has 34 heavy (non-hydrogen) atoms. The standard InChI is InChI=1S/C15H12B4F2N8O4P/c1-32-12-10(25-33-26-12)11(30)22-4-8-6-29-9(24-8)2-7(3-23-29)5-28-13(31)27-34(17,18)15(20)14(28,16)19(15)21/h2-3,6H,4-5H2,1H3,(H,22,30)(H,27,31)/q+1. The van der Waals surface area contributed by atoms with Crippen LogP contribution in [0.5, 0.6) is 5.88 Å². The van der Waals surface area contributed by atoms with Gasteiger partial charge in [0.1, 0.15) is 7.85 Å². The molecule has 0 saturated carbocycles. The van der Waals surface area contributed by atoms with Gasteiger partial charge in [-0.1, -0.05) is 0 Å². The molecule has 2 atom stereocenters. The number of carbonyl (C=O) groups is 2. The van der Waals surface area contributed by atoms with Gasteiger partial charge in [-0.15, -0.1) is 0 Å². The number of carbonyl (C=O) groups excluding carboxylic acids is 2. The summed E-state index contributed by atoms with van der Waals surface area (Å²) in [6.07, 6.45) is 2.94. The van der Waals surface area contributed by atoms with E-state index >= 15 is 4.39 Å². The van der Waals surface area contributed by atoms with E-state index in [2.05, 4.69) is 35.4 Å². The van der Waals surface area contributed by atoms with Crippen molar-refractivity contribution in [3.05, 3.63) is 35.4 Å². The van der Waals surface area contributed by atoms with E-state index in [9.17, 15) is 13.9 Å². The summed E-state index contributed by atoms with van der Waals surface area (Å²) in [5, 5.41) is 10.8. The molecule has 0 aliphatic carbocycles. The van der Waals surface area contributed by atoms with E-state index in [4.69, 9.17) is 27.7 Å². The molecule has 0 aromatic carbocycles. The molecule has 6 radical (unpaired) electrons. The fourth-order valence-electron chi connectivity index (χ4n) is 3.90. The molecule has 2 aliphatic heterocycles. The lowest BCUT2D eigenvalue weighted by Crippen LogP contribution is -2.57. The number of fused-ring (bicyclic) bond motifs is 2. The third kappa shape index (κ3) is 3.04. The summed E-state index contributed by atoms with van der Waals surface area (Å²) in [5.41, 5.74) is 1.06. The Morgan fingerprint density at radius 1 is 1.44 bits per heavy atom. The van der Waals surface area contributed by atoms with Crippen LogP contribution in [0.15, 0.2) is 23.1 Å². The minimum absolute atomic E-state index is 0.0146. The third-order valence-corrected chi connectivity index (χ3v) is 8.00. The number of hydrogen-bond acceptors (Lipinski definition) is 8. The molecule has 2 aliphatic rings. The maximum atomic E-state index is 15.1. The number of imidazole rings is 1. The van der Waals surface area contributed by atoms with Crippen molar-refractivity contribution in [2.24, 2.45) is 0 Å². The van der Waals surface area contributed by atoms with E-state index in [1.165, 1.54) is 17.8 Å². The Hall–Kier alpha value is -3.15. The number of nitrogens with one attached hydrogen (secondary N) is 2. The fourth-order valence-corrected chi connectivity index (χ4v) is 5.83. The van der Waals surface area contributed by atoms with Crippen LogP contribution in [0.25, 0.3) is 5.65 Å². The molecular formula is C15H12B4F2N8O4P+. The Kier molecular flexibility index (Phi) is 4.94. The van der Waals surface area contributed by atoms with Crippen LogP contribution < -0.4 is 15.1 Å². The van der Waals surface area contributed by atoms with Gasteiger partial charge in [0.05, 0.1) is 37.1 Å². The zero-order chi connectivity index (χ0) is 24.5. The number of urea groups is 1. The smallest absolute Gasteiger partial charge is 0.455 e. The van der Waals surface area contributed by atoms with Crippen molar-refractivity contribution in [3.63, 3.8) is 0 Å². The Morgan fingerprint density at radius 2 is 2.21 bits per heavy atom. The van der Waals surface area contributed by atoms with Crippen molar-refractivity contribution in [2.45, 2.75) is 23.7 Å². The number of rotatable bonds is 6. The van der Waals surface area contributed by atoms with E-state index in [0.29, 0.717) is 16.9 Å². The minimum atomic E-state index is -3.76. The second-order valence-corrected chi connectivity index (χ2v) is 10.3. The third-order valence-electron chi connectivity index (χ3n) is 5.78. The quantitative estimate of drug-likeness (QED) is 0.347. The number of ether oxygens (including phenoxy) is 1. The summed E-state index contributed by atoms with van der Waals surface area (Å²) in [6, 6.07) is 0.676. The number of aromatic nitrogens is 5. The SMILES string of the molecule is [B]C12B(F)C1(F)[P+]([B])([B])NC(=O)N2Cc1cnn2cc(CNC(=O)c3nonc3OC)nc2c1. The van der Waals surface area contributed by atoms with Gasteiger partial charge in [0.15, 0.2) is 5.65 Å². The van der Waals surface area contributed by atoms with Gasteiger partial charge < -0.3 is 19.3 Å². The molecule has 2 fully saturated rings. The van der Waals surface area contributed by atoms with Crippen molar-refractivity contribution in [2.75, 3.05) is 7.11 Å². The fraction of sp³-hybridized carbons (Fsp3) is 0.333. The summed E-state index contributed by atoms with van der Waals surface area (Å²) in [4.78, 5) is 29.8. The van der Waals surface area contributed by atoms with Crippen molar-refractivity contribution in [1.29, 1.82) is 0 Å². The van der Waals surface area contributed by atoms with Gasteiger partial charge in [0.25, 0.3) is 11.8 Å². The Labute approximate surface area is 195 Å². The Balaban J connectivity index is 1.32. The van der Waals surface area contributed by atoms with Gasteiger partial charge in [-0.3, -0.25) is 4.79 Å². The molecule has 3 aromatic rings. The van der Waals surface area contributed by atoms with E-state index < -0.39 is 36.7 Å². The normalized spacial score (nSPS) is 25.1. The van der Waals surface area contributed by atoms with Crippen molar-refractivity contribution >= 4 is 54.7 Å². The monoisotopic (exact) mass is 481 g/mol. The maximum Gasteiger partial charge on any atom is 0.455 e. The number of halogens is 2. The zero-order valence-corrected chi connectivity index (χ0v) is 18.4. The number of hydrogen-bond donors (Lipinski definition) is 2. The Morgan fingerprint density at radius 3 is 2.94 bits per heavy atom. The minimum Gasteiger partial charge on any atom is -0.477 e. The van der Waals surface area contributed by atoms with Gasteiger partial charge in [0.2, 0.25) is 11.0 Å². The maximum absolute atomic E-state index is 15.1. The van der Waals surface area contributed by atoms with Gasteiger partial charge in [-0.25, -0.2) is 28.4 Å². The van der Waals surface area contributed by atoms with E-state index in [1.54, 1.807) is 12.3 Å². The van der Waals surface area contributed by atoms with Gasteiger partial charge >= 0.3 is 28.2 Å². The summed E-state index contributed by atoms with van der Waals surface area (Å²) in [6.45, 7) is -2.49. The highest BCUT2D eigenvalue weighted by molar-refractivity contribution is 8.16. The van der Waals surface area contributed by atoms with Crippen molar-refractivity contribution in [1.82, 2.24) is 40.2 Å². The molecule has 3 amide bonds. The summed E-state index contributed by atoms with van der Waals surface area (Å²) < 4.78 is 40.4. The van der Waals surface area contributed by atoms with Crippen LogP contribution in [0.2, 0.25) is 0 Å².